The van der Waals surface area contributed by atoms with E-state index in [9.17, 15) is 67.0 Å². The van der Waals surface area contributed by atoms with Crippen LogP contribution < -0.4 is 33.4 Å². The van der Waals surface area contributed by atoms with E-state index in [1.165, 1.54) is 65.8 Å². The summed E-state index contributed by atoms with van der Waals surface area (Å²) >= 11 is 18.6. The van der Waals surface area contributed by atoms with Crippen LogP contribution in [0.15, 0.2) is 232 Å². The Kier molecular flexibility index (Phi) is 27.4. The van der Waals surface area contributed by atoms with Gasteiger partial charge in [-0.05, 0) is 214 Å². The Morgan fingerprint density at radius 3 is 0.911 bits per heavy atom. The number of ketones is 6. The molecule has 30 heteroatoms. The molecule has 0 saturated heterocycles. The number of nitrogens with zero attached hydrogens (tertiary/aromatic N) is 12. The quantitative estimate of drug-likeness (QED) is 0.151. The molecule has 18 rings (SSSR count). The van der Waals surface area contributed by atoms with Crippen molar-refractivity contribution in [1.82, 2.24) is 57.3 Å². The monoisotopic (exact) mass is 1840 g/mol. The van der Waals surface area contributed by atoms with Gasteiger partial charge >= 0.3 is 0 Å². The van der Waals surface area contributed by atoms with E-state index >= 15 is 0 Å². The predicted octanol–water partition coefficient (Wildman–Crippen LogP) is 17.4. The number of carbonyl (C=O) groups excluding carboxylic acids is 6. The number of aryl methyl sites for hydroxylation is 4. The van der Waals surface area contributed by atoms with E-state index in [1.54, 1.807) is 92.9 Å². The Bertz CT molecular complexity index is 6290. The van der Waals surface area contributed by atoms with Crippen LogP contribution in [0.1, 0.15) is 175 Å². The average Bonchev–Trinajstić information content (AvgIpc) is 0.777. The summed E-state index contributed by atoms with van der Waals surface area (Å²) in [6, 6.07) is 26.5. The third-order valence-corrected chi connectivity index (χ3v) is 24.4. The van der Waals surface area contributed by atoms with Gasteiger partial charge in [-0.15, -0.1) is 0 Å². The summed E-state index contributed by atoms with van der Waals surface area (Å²) in [5.74, 6) is 1.76. The van der Waals surface area contributed by atoms with E-state index in [-0.39, 0.29) is 85.6 Å². The van der Waals surface area contributed by atoms with E-state index in [1.807, 2.05) is 18.2 Å². The first-order valence-corrected chi connectivity index (χ1v) is 42.6. The van der Waals surface area contributed by atoms with Crippen LogP contribution in [0.5, 0.6) is 5.75 Å². The zero-order valence-electron chi connectivity index (χ0n) is 68.6. The molecular formula is C94H87Br2Cl2FN12O13. The van der Waals surface area contributed by atoms with Crippen LogP contribution in [-0.2, 0) is 28.8 Å². The zero-order chi connectivity index (χ0) is 89.1. The first-order valence-electron chi connectivity index (χ1n) is 40.3. The first-order chi connectivity index (χ1) is 59.0. The van der Waals surface area contributed by atoms with Crippen LogP contribution >= 0.6 is 55.1 Å². The van der Waals surface area contributed by atoms with Gasteiger partial charge in [-0.3, -0.25) is 84.9 Å². The van der Waals surface area contributed by atoms with Crippen LogP contribution in [0.4, 0.5) is 4.39 Å². The van der Waals surface area contributed by atoms with Crippen LogP contribution in [0.3, 0.4) is 0 Å². The Morgan fingerprint density at radius 2 is 0.581 bits per heavy atom. The molecule has 0 aliphatic heterocycles. The van der Waals surface area contributed by atoms with Crippen molar-refractivity contribution in [3.05, 3.63) is 305 Å². The standard InChI is InChI=1S/C16H15BrN2O2.C16H15ClN2O2.C16H15FN2O2.C16H16N2O3.C15H13BrN2O2.C15H13ClN2O2/c3*1-9-3-6-14(15(20)7-9)19-10(2)18-13-5-4-11(17)8-12(13)16(19)21;1-9-3-6-14(15(20)7-9)18-10(2)17-13-5-4-11(19)8-12(13)16(18)21;2*1-9-2-5-13(14(19)6-9)18-8-17-12-4-3-10(16)7-11(12)15(18)20/h3*4-5,8,14H,1,3,6-7H2,2H3;4-5,8,14,19H,1,3,6-7H2,2H3;2*3-4,7-8,13H,1-2,5-6H2. The molecular weight excluding hydrogens is 1750 g/mol. The number of aromatic hydroxyl groups is 1. The molecule has 0 radical (unpaired) electrons. The maximum Gasteiger partial charge on any atom is 0.262 e. The number of phenols is 1. The minimum Gasteiger partial charge on any atom is -0.508 e. The van der Waals surface area contributed by atoms with Gasteiger partial charge in [-0.25, -0.2) is 34.3 Å². The van der Waals surface area contributed by atoms with Crippen molar-refractivity contribution in [2.45, 2.75) is 180 Å². The van der Waals surface area contributed by atoms with Gasteiger partial charge in [0, 0.05) is 57.5 Å². The maximum absolute atomic E-state index is 13.4. The number of rotatable bonds is 6. The van der Waals surface area contributed by atoms with Gasteiger partial charge in [0.2, 0.25) is 0 Å². The number of carbonyl (C=O) groups is 6. The second-order valence-electron chi connectivity index (χ2n) is 31.9. The van der Waals surface area contributed by atoms with Crippen molar-refractivity contribution in [2.75, 3.05) is 0 Å². The topological polar surface area (TPSA) is 332 Å². The molecule has 0 bridgehead atoms. The van der Waals surface area contributed by atoms with Crippen LogP contribution in [0.2, 0.25) is 10.0 Å². The second-order valence-corrected chi connectivity index (χ2v) is 34.6. The number of phenolic OH excluding ortho intramolecular Hbond substituents is 1. The summed E-state index contributed by atoms with van der Waals surface area (Å²) in [7, 11) is 0. The van der Waals surface area contributed by atoms with E-state index in [0.717, 1.165) is 74.5 Å². The third-order valence-electron chi connectivity index (χ3n) is 23.0. The highest BCUT2D eigenvalue weighted by molar-refractivity contribution is 9.10. The number of benzene rings is 6. The number of hydrogen-bond acceptors (Lipinski definition) is 19. The molecule has 25 nitrogen and oxygen atoms in total. The normalized spacial score (nSPS) is 19.3. The number of aromatic nitrogens is 12. The summed E-state index contributed by atoms with van der Waals surface area (Å²) in [6.45, 7) is 30.0. The molecule has 124 heavy (non-hydrogen) atoms. The third kappa shape index (κ3) is 19.6. The minimum absolute atomic E-state index is 0.00208. The van der Waals surface area contributed by atoms with E-state index in [4.69, 9.17) is 23.2 Å². The Morgan fingerprint density at radius 1 is 0.331 bits per heavy atom. The average molecular weight is 1840 g/mol. The molecule has 6 aromatic heterocycles. The molecule has 6 heterocycles. The van der Waals surface area contributed by atoms with Gasteiger partial charge in [0.1, 0.15) is 34.9 Å². The molecule has 0 spiro atoms. The summed E-state index contributed by atoms with van der Waals surface area (Å²) in [5, 5.41) is 13.0. The largest absolute Gasteiger partial charge is 0.508 e. The number of allylic oxidation sites excluding steroid dienone is 6. The fourth-order valence-corrected chi connectivity index (χ4v) is 17.7. The van der Waals surface area contributed by atoms with Gasteiger partial charge in [0.05, 0.1) is 114 Å². The van der Waals surface area contributed by atoms with Gasteiger partial charge in [0.15, 0.2) is 34.7 Å². The predicted molar refractivity (Wildman–Crippen MR) is 484 cm³/mol. The summed E-state index contributed by atoms with van der Waals surface area (Å²) in [6.07, 6.45) is 13.0. The Hall–Kier alpha value is -12.1. The molecule has 6 aliphatic rings. The number of Topliss-reactive ketones (excluding diaryl/α,β-unsaturated/α-hetero) is 6. The Labute approximate surface area is 736 Å². The van der Waals surface area contributed by atoms with Gasteiger partial charge < -0.3 is 5.11 Å². The highest BCUT2D eigenvalue weighted by atomic mass is 79.9. The van der Waals surface area contributed by atoms with Gasteiger partial charge in [-0.2, -0.15) is 0 Å². The highest BCUT2D eigenvalue weighted by Crippen LogP contribution is 2.35. The SMILES string of the molecule is C=C1CCC(n2c(C)nc3ccc(Br)cc3c2=O)C(=O)C1.C=C1CCC(n2c(C)nc3ccc(Cl)cc3c2=O)C(=O)C1.C=C1CCC(n2c(C)nc3ccc(F)cc3c2=O)C(=O)C1.C=C1CCC(n2c(C)nc3ccc(O)cc3c2=O)C(=O)C1.C=C1CCC(n2cnc3ccc(Br)cc3c2=O)C(=O)C1.C=C1CCC(n2cnc3ccc(Cl)cc3c2=O)C(=O)C1. The number of halogens is 5. The van der Waals surface area contributed by atoms with E-state index < -0.39 is 42.1 Å². The summed E-state index contributed by atoms with van der Waals surface area (Å²) < 4.78 is 23.8. The molecule has 636 valence electrons. The lowest BCUT2D eigenvalue weighted by Gasteiger charge is -2.25. The molecule has 6 saturated carbocycles. The Balaban J connectivity index is 0.000000128. The second kappa shape index (κ2) is 37.9. The van der Waals surface area contributed by atoms with Crippen LogP contribution in [0.25, 0.3) is 65.4 Å². The lowest BCUT2D eigenvalue weighted by atomic mass is 9.90. The lowest BCUT2D eigenvalue weighted by molar-refractivity contribution is -0.123. The molecule has 6 atom stereocenters. The fraction of sp³-hybridized carbons (Fsp3) is 0.298. The molecule has 1 N–H and O–H groups in total. The van der Waals surface area contributed by atoms with Crippen LogP contribution in [0, 0.1) is 33.5 Å². The maximum atomic E-state index is 13.4. The summed E-state index contributed by atoms with van der Waals surface area (Å²) in [5.41, 5.74) is 7.63. The minimum atomic E-state index is -0.525. The molecule has 6 aliphatic carbocycles. The van der Waals surface area contributed by atoms with Crippen molar-refractivity contribution in [1.29, 1.82) is 0 Å². The van der Waals surface area contributed by atoms with Crippen molar-refractivity contribution in [3.8, 4) is 5.75 Å². The van der Waals surface area contributed by atoms with Gasteiger partial charge in [0.25, 0.3) is 33.4 Å². The van der Waals surface area contributed by atoms with Gasteiger partial charge in [-0.1, -0.05) is 128 Å². The first kappa shape index (κ1) is 89.6. The highest BCUT2D eigenvalue weighted by Gasteiger charge is 2.35. The lowest BCUT2D eigenvalue weighted by Crippen LogP contribution is -2.34. The molecule has 12 aromatic rings. The molecule has 0 amide bonds. The number of fused-ring (bicyclic) bond motifs is 6. The molecule has 6 aromatic carbocycles. The number of hydrogen-bond donors (Lipinski definition) is 1. The fourth-order valence-electron chi connectivity index (χ4n) is 16.7. The van der Waals surface area contributed by atoms with Crippen molar-refractivity contribution < 1.29 is 38.3 Å². The molecule has 6 unspecified atom stereocenters. The van der Waals surface area contributed by atoms with E-state index in [2.05, 4.69) is 101 Å². The van der Waals surface area contributed by atoms with Crippen molar-refractivity contribution >= 4 is 155 Å². The molecule has 6 fully saturated rings. The van der Waals surface area contributed by atoms with Crippen molar-refractivity contribution in [3.63, 3.8) is 0 Å². The summed E-state index contributed by atoms with van der Waals surface area (Å²) in [4.78, 5) is 175. The van der Waals surface area contributed by atoms with Crippen molar-refractivity contribution in [2.24, 2.45) is 0 Å². The smallest absolute Gasteiger partial charge is 0.262 e. The van der Waals surface area contributed by atoms with E-state index in [0.29, 0.717) is 170 Å². The zero-order valence-corrected chi connectivity index (χ0v) is 73.3. The van der Waals surface area contributed by atoms with Crippen LogP contribution in [-0.4, -0.2) is 97.1 Å².